The predicted molar refractivity (Wildman–Crippen MR) is 160 cm³/mol. The lowest BCUT2D eigenvalue weighted by molar-refractivity contribution is -0.131. The first kappa shape index (κ1) is 33.0. The summed E-state index contributed by atoms with van der Waals surface area (Å²) in [6.07, 6.45) is 1.45. The third kappa shape index (κ3) is 12.3. The van der Waals surface area contributed by atoms with Gasteiger partial charge in [-0.2, -0.15) is 0 Å². The number of aliphatic imine (C=N–C) groups is 1. The number of nitrogens with zero attached hydrogens (tertiary/aromatic N) is 1. The second-order valence-electron chi connectivity index (χ2n) is 9.73. The van der Waals surface area contributed by atoms with E-state index in [4.69, 9.17) is 40.3 Å². The molecule has 0 bridgehead atoms. The van der Waals surface area contributed by atoms with E-state index in [9.17, 15) is 19.2 Å². The van der Waals surface area contributed by atoms with E-state index in [1.54, 1.807) is 12.1 Å². The molecular weight excluding hydrogens is 548 g/mol. The molecule has 0 aliphatic heterocycles. The monoisotopic (exact) mass is 586 g/mol. The highest BCUT2D eigenvalue weighted by Gasteiger charge is 2.28. The van der Waals surface area contributed by atoms with Gasteiger partial charge in [0.15, 0.2) is 11.7 Å². The van der Waals surface area contributed by atoms with Crippen LogP contribution in [-0.4, -0.2) is 54.8 Å². The van der Waals surface area contributed by atoms with Crippen LogP contribution in [0.25, 0.3) is 11.1 Å². The zero-order valence-corrected chi connectivity index (χ0v) is 23.6. The maximum Gasteiger partial charge on any atom is 0.312 e. The van der Waals surface area contributed by atoms with Gasteiger partial charge in [-0.05, 0) is 60.9 Å². The Balaban J connectivity index is 2.15. The van der Waals surface area contributed by atoms with Gasteiger partial charge < -0.3 is 39.3 Å². The van der Waals surface area contributed by atoms with Gasteiger partial charge in [0.2, 0.25) is 11.8 Å². The van der Waals surface area contributed by atoms with E-state index in [1.165, 1.54) is 0 Å². The molecule has 0 spiro atoms. The van der Waals surface area contributed by atoms with E-state index < -0.39 is 35.8 Å². The minimum absolute atomic E-state index is 0.0664. The van der Waals surface area contributed by atoms with Gasteiger partial charge in [-0.15, -0.1) is 0 Å². The van der Waals surface area contributed by atoms with E-state index in [0.29, 0.717) is 30.8 Å². The topological polar surface area (TPSA) is 235 Å². The van der Waals surface area contributed by atoms with Crippen molar-refractivity contribution in [2.24, 2.45) is 39.6 Å². The van der Waals surface area contributed by atoms with Gasteiger partial charge in [0.05, 0.1) is 12.1 Å². The van der Waals surface area contributed by atoms with Crippen LogP contribution in [0.2, 0.25) is 5.02 Å². The number of Topliss-reactive ketones (excluding diaryl/α,β-unsaturated/α-hetero) is 1. The van der Waals surface area contributed by atoms with Crippen molar-refractivity contribution < 1.29 is 19.2 Å². The summed E-state index contributed by atoms with van der Waals surface area (Å²) in [5.41, 5.74) is 30.1. The Morgan fingerprint density at radius 1 is 0.854 bits per heavy atom. The Morgan fingerprint density at radius 2 is 1.46 bits per heavy atom. The predicted octanol–water partition coefficient (Wildman–Crippen LogP) is 0.924. The van der Waals surface area contributed by atoms with Crippen molar-refractivity contribution >= 4 is 41.2 Å². The molecule has 0 radical (unpaired) electrons. The fourth-order valence-corrected chi connectivity index (χ4v) is 4.30. The van der Waals surface area contributed by atoms with Crippen molar-refractivity contribution in [3.8, 4) is 11.1 Å². The molecule has 0 aliphatic rings. The van der Waals surface area contributed by atoms with Gasteiger partial charge in [0.25, 0.3) is 0 Å². The number of carbonyl (C=O) groups is 4. The molecule has 41 heavy (non-hydrogen) atoms. The number of amides is 4. The summed E-state index contributed by atoms with van der Waals surface area (Å²) >= 11 is 5.98. The molecule has 3 atom stereocenters. The molecule has 2 rings (SSSR count). The lowest BCUT2D eigenvalue weighted by Crippen LogP contribution is -2.50. The van der Waals surface area contributed by atoms with Crippen molar-refractivity contribution in [2.75, 3.05) is 13.1 Å². The van der Waals surface area contributed by atoms with E-state index >= 15 is 0 Å². The fraction of sp³-hybridized carbons (Fsp3) is 0.393. The molecule has 13 heteroatoms. The third-order valence-electron chi connectivity index (χ3n) is 6.46. The van der Waals surface area contributed by atoms with Crippen LogP contribution in [0.15, 0.2) is 53.5 Å². The van der Waals surface area contributed by atoms with Crippen LogP contribution in [0.5, 0.6) is 0 Å². The van der Waals surface area contributed by atoms with Gasteiger partial charge >= 0.3 is 6.03 Å². The van der Waals surface area contributed by atoms with Crippen LogP contribution in [-0.2, 0) is 20.8 Å². The van der Waals surface area contributed by atoms with Crippen molar-refractivity contribution in [2.45, 2.75) is 50.6 Å². The van der Waals surface area contributed by atoms with Crippen LogP contribution in [0.3, 0.4) is 0 Å². The molecule has 12 N–H and O–H groups in total. The summed E-state index contributed by atoms with van der Waals surface area (Å²) in [7, 11) is 0. The zero-order chi connectivity index (χ0) is 30.4. The molecule has 4 amide bonds. The number of guanidine groups is 1. The second-order valence-corrected chi connectivity index (χ2v) is 10.2. The van der Waals surface area contributed by atoms with Gasteiger partial charge in [-0.3, -0.25) is 19.4 Å². The van der Waals surface area contributed by atoms with Gasteiger partial charge in [0.1, 0.15) is 0 Å². The quantitative estimate of drug-likeness (QED) is 0.0802. The lowest BCUT2D eigenvalue weighted by atomic mass is 9.90. The van der Waals surface area contributed by atoms with Gasteiger partial charge in [-0.1, -0.05) is 48.0 Å². The van der Waals surface area contributed by atoms with Crippen molar-refractivity contribution in [3.05, 3.63) is 59.1 Å². The van der Waals surface area contributed by atoms with Crippen molar-refractivity contribution in [1.29, 1.82) is 0 Å². The highest BCUT2D eigenvalue weighted by Crippen LogP contribution is 2.23. The first-order chi connectivity index (χ1) is 19.5. The number of ketones is 1. The summed E-state index contributed by atoms with van der Waals surface area (Å²) in [5.74, 6) is -2.32. The highest BCUT2D eigenvalue weighted by atomic mass is 35.5. The molecule has 0 heterocycles. The molecule has 222 valence electrons. The Bertz CT molecular complexity index is 1200. The number of primary amides is 2. The van der Waals surface area contributed by atoms with Crippen LogP contribution >= 0.6 is 11.6 Å². The molecule has 0 aromatic heterocycles. The molecule has 2 aromatic rings. The molecule has 0 saturated carbocycles. The number of halogens is 1. The highest BCUT2D eigenvalue weighted by molar-refractivity contribution is 6.30. The summed E-state index contributed by atoms with van der Waals surface area (Å²) in [4.78, 5) is 53.1. The molecular formula is C28H39ClN8O4. The number of hydrogen-bond donors (Lipinski definition) is 7. The van der Waals surface area contributed by atoms with Crippen molar-refractivity contribution in [3.63, 3.8) is 0 Å². The Morgan fingerprint density at radius 3 is 2.02 bits per heavy atom. The molecule has 12 nitrogen and oxygen atoms in total. The molecule has 0 saturated heterocycles. The SMILES string of the molecule is NC(=O)NCCC[C@@H](N)C(=O)N[C@H](Cc1ccc(-c2ccc(Cl)cc2)cc1)C(=O)C[C@H](CCCN=C(N)N)C(N)=O. The summed E-state index contributed by atoms with van der Waals surface area (Å²) < 4.78 is 0. The molecule has 0 fully saturated rings. The number of benzene rings is 2. The Labute approximate surface area is 244 Å². The largest absolute Gasteiger partial charge is 0.370 e. The number of hydrogen-bond acceptors (Lipinski definition) is 6. The molecule has 2 aromatic carbocycles. The summed E-state index contributed by atoms with van der Waals surface area (Å²) in [6, 6.07) is 12.4. The smallest absolute Gasteiger partial charge is 0.312 e. The first-order valence-electron chi connectivity index (χ1n) is 13.3. The van der Waals surface area contributed by atoms with Crippen molar-refractivity contribution in [1.82, 2.24) is 10.6 Å². The number of carbonyl (C=O) groups excluding carboxylic acids is 4. The maximum absolute atomic E-state index is 13.4. The average Bonchev–Trinajstić information content (AvgIpc) is 2.92. The number of nitrogens with one attached hydrogen (secondary N) is 2. The average molecular weight is 587 g/mol. The van der Waals surface area contributed by atoms with Gasteiger partial charge in [0, 0.05) is 30.5 Å². The zero-order valence-electron chi connectivity index (χ0n) is 22.9. The van der Waals surface area contributed by atoms with Crippen LogP contribution in [0.4, 0.5) is 4.79 Å². The minimum atomic E-state index is -0.946. The van der Waals surface area contributed by atoms with E-state index in [2.05, 4.69) is 15.6 Å². The summed E-state index contributed by atoms with van der Waals surface area (Å²) in [5, 5.41) is 5.82. The van der Waals surface area contributed by atoms with Gasteiger partial charge in [-0.25, -0.2) is 4.79 Å². The van der Waals surface area contributed by atoms with E-state index in [-0.39, 0.29) is 37.6 Å². The Kier molecular flexibility index (Phi) is 13.6. The number of urea groups is 1. The first-order valence-corrected chi connectivity index (χ1v) is 13.7. The molecule has 0 unspecified atom stereocenters. The second kappa shape index (κ2) is 16.8. The summed E-state index contributed by atoms with van der Waals surface area (Å²) in [6.45, 7) is 0.554. The van der Waals surface area contributed by atoms with Crippen LogP contribution in [0, 0.1) is 5.92 Å². The maximum atomic E-state index is 13.4. The number of rotatable bonds is 17. The van der Waals surface area contributed by atoms with E-state index in [0.717, 1.165) is 16.7 Å². The van der Waals surface area contributed by atoms with Crippen LogP contribution in [0.1, 0.15) is 37.7 Å². The normalized spacial score (nSPS) is 12.9. The Hall–Kier alpha value is -4.16. The fourth-order valence-electron chi connectivity index (χ4n) is 4.18. The van der Waals surface area contributed by atoms with E-state index in [1.807, 2.05) is 36.4 Å². The third-order valence-corrected chi connectivity index (χ3v) is 6.71. The minimum Gasteiger partial charge on any atom is -0.370 e. The van der Waals surface area contributed by atoms with Crippen LogP contribution < -0.4 is 39.3 Å². The molecule has 0 aliphatic carbocycles. The standard InChI is InChI=1S/C28H39ClN8O4/c29-21-11-9-19(10-12-21)18-7-5-17(6-8-18)15-23(37-26(40)22(30)4-2-14-36-28(34)41)24(38)16-20(25(31)39)3-1-13-35-27(32)33/h5-12,20,22-23H,1-4,13-16,30H2,(H2,31,39)(H,37,40)(H4,32,33,35)(H3,34,36,41)/t20-,22+,23+/m0/s1. The lowest BCUT2D eigenvalue weighted by Gasteiger charge is -2.22. The number of nitrogens with two attached hydrogens (primary N) is 5.